The molecule has 3 unspecified atom stereocenters. The maximum Gasteiger partial charge on any atom is 0.408 e. The van der Waals surface area contributed by atoms with Crippen molar-refractivity contribution in [2.45, 2.75) is 91.5 Å². The van der Waals surface area contributed by atoms with Crippen LogP contribution in [0, 0.1) is 13.8 Å². The van der Waals surface area contributed by atoms with E-state index in [9.17, 15) is 24.3 Å². The molecule has 0 fully saturated rings. The van der Waals surface area contributed by atoms with Gasteiger partial charge in [0.05, 0.1) is 10.7 Å². The Kier molecular flexibility index (Phi) is 11.6. The van der Waals surface area contributed by atoms with E-state index < -0.39 is 47.5 Å². The summed E-state index contributed by atoms with van der Waals surface area (Å²) >= 11 is 6.40. The lowest BCUT2D eigenvalue weighted by molar-refractivity contribution is -0.143. The number of primary amides is 1. The Labute approximate surface area is 246 Å². The van der Waals surface area contributed by atoms with Gasteiger partial charge in [-0.3, -0.25) is 14.4 Å². The van der Waals surface area contributed by atoms with Gasteiger partial charge in [-0.1, -0.05) is 36.7 Å². The van der Waals surface area contributed by atoms with E-state index in [0.29, 0.717) is 28.3 Å². The number of amides is 4. The molecular weight excluding hydrogens is 548 g/mol. The number of hydrogen-bond donors (Lipinski definition) is 4. The number of rotatable bonds is 11. The van der Waals surface area contributed by atoms with Crippen molar-refractivity contribution in [3.05, 3.63) is 58.1 Å². The van der Waals surface area contributed by atoms with Gasteiger partial charge in [0, 0.05) is 12.5 Å². The lowest BCUT2D eigenvalue weighted by Gasteiger charge is -2.38. The topological polar surface area (TPSA) is 151 Å². The van der Waals surface area contributed by atoms with Crippen LogP contribution >= 0.6 is 11.6 Å². The average Bonchev–Trinajstić information content (AvgIpc) is 2.87. The smallest absolute Gasteiger partial charge is 0.408 e. The molecule has 0 aromatic heterocycles. The van der Waals surface area contributed by atoms with E-state index >= 15 is 0 Å². The lowest BCUT2D eigenvalue weighted by atomic mass is 9.97. The summed E-state index contributed by atoms with van der Waals surface area (Å²) in [6, 6.07) is 6.94. The van der Waals surface area contributed by atoms with Crippen molar-refractivity contribution < 1.29 is 29.0 Å². The summed E-state index contributed by atoms with van der Waals surface area (Å²) < 4.78 is 5.36. The minimum Gasteiger partial charge on any atom is -0.508 e. The first-order valence-electron chi connectivity index (χ1n) is 13.5. The van der Waals surface area contributed by atoms with Gasteiger partial charge in [0.15, 0.2) is 0 Å². The fraction of sp³-hybridized carbons (Fsp3) is 0.467. The standard InChI is InChI=1S/C30H41ClN4O6/c1-8-19(4)35(28(39)22(13-15-24(32)37)33-29(40)41-30(5,6)7)26(20-12-14-23(36)18(3)16-20)27(38)34-25-17(2)10-9-11-21(25)31/h9-12,14,16,19,22,26,36H,8,13,15H2,1-7H3,(H2,32,37)(H,33,40)(H,34,38). The Morgan fingerprint density at radius 3 is 2.29 bits per heavy atom. The van der Waals surface area contributed by atoms with Gasteiger partial charge in [-0.15, -0.1) is 0 Å². The second-order valence-electron chi connectivity index (χ2n) is 11.1. The molecule has 41 heavy (non-hydrogen) atoms. The van der Waals surface area contributed by atoms with Crippen LogP contribution in [0.5, 0.6) is 5.75 Å². The van der Waals surface area contributed by atoms with E-state index in [1.165, 1.54) is 11.0 Å². The van der Waals surface area contributed by atoms with Gasteiger partial charge in [0.1, 0.15) is 23.4 Å². The van der Waals surface area contributed by atoms with E-state index in [1.807, 2.05) is 6.92 Å². The highest BCUT2D eigenvalue weighted by Gasteiger charge is 2.39. The maximum absolute atomic E-state index is 14.3. The van der Waals surface area contributed by atoms with Crippen LogP contribution in [0.15, 0.2) is 36.4 Å². The number of para-hydroxylation sites is 1. The molecule has 2 aromatic carbocycles. The number of nitrogens with zero attached hydrogens (tertiary/aromatic N) is 1. The van der Waals surface area contributed by atoms with Gasteiger partial charge >= 0.3 is 6.09 Å². The van der Waals surface area contributed by atoms with E-state index in [-0.39, 0.29) is 18.6 Å². The first kappa shape index (κ1) is 33.4. The molecule has 0 spiro atoms. The van der Waals surface area contributed by atoms with E-state index in [1.54, 1.807) is 71.9 Å². The molecule has 0 radical (unpaired) electrons. The summed E-state index contributed by atoms with van der Waals surface area (Å²) in [4.78, 5) is 54.1. The van der Waals surface area contributed by atoms with Crippen LogP contribution in [0.25, 0.3) is 0 Å². The summed E-state index contributed by atoms with van der Waals surface area (Å²) in [6.45, 7) is 12.2. The summed E-state index contributed by atoms with van der Waals surface area (Å²) in [5.41, 5.74) is 6.59. The number of benzene rings is 2. The van der Waals surface area contributed by atoms with Crippen molar-refractivity contribution in [2.75, 3.05) is 5.32 Å². The Morgan fingerprint density at radius 1 is 1.10 bits per heavy atom. The van der Waals surface area contributed by atoms with Crippen LogP contribution in [0.3, 0.4) is 0 Å². The van der Waals surface area contributed by atoms with Gasteiger partial charge in [0.2, 0.25) is 11.8 Å². The first-order chi connectivity index (χ1) is 19.0. The van der Waals surface area contributed by atoms with Crippen LogP contribution in [0.1, 0.15) is 76.6 Å². The van der Waals surface area contributed by atoms with Gasteiger partial charge in [-0.2, -0.15) is 0 Å². The molecule has 11 heteroatoms. The quantitative estimate of drug-likeness (QED) is 0.286. The lowest BCUT2D eigenvalue weighted by Crippen LogP contribution is -2.55. The summed E-state index contributed by atoms with van der Waals surface area (Å²) in [6.07, 6.45) is -0.675. The molecular formula is C30H41ClN4O6. The van der Waals surface area contributed by atoms with Crippen molar-refractivity contribution in [1.82, 2.24) is 10.2 Å². The van der Waals surface area contributed by atoms with E-state index in [4.69, 9.17) is 22.1 Å². The molecule has 0 saturated heterocycles. The third-order valence-electron chi connectivity index (χ3n) is 6.52. The normalized spacial score (nSPS) is 13.5. The van der Waals surface area contributed by atoms with Gasteiger partial charge < -0.3 is 31.1 Å². The van der Waals surface area contributed by atoms with Crippen LogP contribution in [0.4, 0.5) is 10.5 Å². The van der Waals surface area contributed by atoms with Crippen molar-refractivity contribution in [2.24, 2.45) is 5.73 Å². The number of phenolic OH excluding ortho intramolecular Hbond substituents is 1. The number of carbonyl (C=O) groups is 4. The summed E-state index contributed by atoms with van der Waals surface area (Å²) in [5.74, 6) is -1.78. The molecule has 2 rings (SSSR count). The number of aromatic hydroxyl groups is 1. The van der Waals surface area contributed by atoms with Crippen molar-refractivity contribution >= 4 is 41.1 Å². The molecule has 10 nitrogen and oxygen atoms in total. The van der Waals surface area contributed by atoms with Crippen molar-refractivity contribution in [3.63, 3.8) is 0 Å². The number of halogens is 1. The second-order valence-corrected chi connectivity index (χ2v) is 11.5. The third kappa shape index (κ3) is 9.38. The number of nitrogens with one attached hydrogen (secondary N) is 2. The first-order valence-corrected chi connectivity index (χ1v) is 13.9. The number of nitrogens with two attached hydrogens (primary N) is 1. The number of aryl methyl sites for hydroxylation is 2. The molecule has 224 valence electrons. The highest BCUT2D eigenvalue weighted by Crippen LogP contribution is 2.32. The maximum atomic E-state index is 14.3. The van der Waals surface area contributed by atoms with E-state index in [2.05, 4.69) is 10.6 Å². The zero-order valence-corrected chi connectivity index (χ0v) is 25.5. The number of hydrogen-bond acceptors (Lipinski definition) is 6. The number of phenols is 1. The Bertz CT molecular complexity index is 1260. The molecule has 0 aliphatic carbocycles. The van der Waals surface area contributed by atoms with Crippen molar-refractivity contribution in [3.8, 4) is 5.75 Å². The minimum absolute atomic E-state index is 0.0298. The van der Waals surface area contributed by atoms with Crippen LogP contribution in [-0.2, 0) is 19.1 Å². The molecule has 0 aliphatic rings. The van der Waals surface area contributed by atoms with Gasteiger partial charge in [0.25, 0.3) is 5.91 Å². The zero-order valence-electron chi connectivity index (χ0n) is 24.7. The fourth-order valence-corrected chi connectivity index (χ4v) is 4.51. The van der Waals surface area contributed by atoms with E-state index in [0.717, 1.165) is 5.56 Å². The Balaban J connectivity index is 2.65. The number of carbonyl (C=O) groups excluding carboxylic acids is 4. The number of anilines is 1. The summed E-state index contributed by atoms with van der Waals surface area (Å²) in [7, 11) is 0. The second kappa shape index (κ2) is 14.2. The van der Waals surface area contributed by atoms with Gasteiger partial charge in [-0.05, 0) is 89.3 Å². The Hall–Kier alpha value is -3.79. The molecule has 0 saturated carbocycles. The van der Waals surface area contributed by atoms with Gasteiger partial charge in [-0.25, -0.2) is 4.79 Å². The van der Waals surface area contributed by atoms with Crippen LogP contribution in [-0.4, -0.2) is 51.5 Å². The summed E-state index contributed by atoms with van der Waals surface area (Å²) in [5, 5.41) is 15.9. The minimum atomic E-state index is -1.22. The molecule has 5 N–H and O–H groups in total. The molecule has 0 bridgehead atoms. The Morgan fingerprint density at radius 2 is 1.76 bits per heavy atom. The molecule has 3 atom stereocenters. The third-order valence-corrected chi connectivity index (χ3v) is 6.84. The van der Waals surface area contributed by atoms with Crippen molar-refractivity contribution in [1.29, 1.82) is 0 Å². The zero-order chi connectivity index (χ0) is 31.1. The monoisotopic (exact) mass is 588 g/mol. The average molecular weight is 589 g/mol. The molecule has 4 amide bonds. The molecule has 0 heterocycles. The molecule has 0 aliphatic heterocycles. The predicted octanol–water partition coefficient (Wildman–Crippen LogP) is 5.13. The molecule has 2 aromatic rings. The van der Waals surface area contributed by atoms with Crippen LogP contribution < -0.4 is 16.4 Å². The number of ether oxygens (including phenoxy) is 1. The fourth-order valence-electron chi connectivity index (χ4n) is 4.24. The SMILES string of the molecule is CCC(C)N(C(=O)C(CCC(N)=O)NC(=O)OC(C)(C)C)C(C(=O)Nc1c(C)cccc1Cl)c1ccc(O)c(C)c1. The number of alkyl carbamates (subject to hydrolysis) is 1. The predicted molar refractivity (Wildman–Crippen MR) is 159 cm³/mol. The van der Waals surface area contributed by atoms with Crippen LogP contribution in [0.2, 0.25) is 5.02 Å². The largest absolute Gasteiger partial charge is 0.508 e. The highest BCUT2D eigenvalue weighted by atomic mass is 35.5. The highest BCUT2D eigenvalue weighted by molar-refractivity contribution is 6.34.